The molecule has 3 unspecified atom stereocenters. The predicted octanol–water partition coefficient (Wildman–Crippen LogP) is 1.52. The molecule has 0 saturated carbocycles. The lowest BCUT2D eigenvalue weighted by atomic mass is 10.1. The number of aliphatic hydroxyl groups is 1. The molecule has 3 N–H and O–H groups in total. The number of benzene rings is 1. The highest BCUT2D eigenvalue weighted by Gasteiger charge is 2.54. The van der Waals surface area contributed by atoms with Crippen molar-refractivity contribution in [3.8, 4) is 17.0 Å². The number of hydrogen-bond donors (Lipinski definition) is 3. The number of hydrogen-bond acceptors (Lipinski definition) is 5. The van der Waals surface area contributed by atoms with Crippen molar-refractivity contribution < 1.29 is 38.2 Å². The van der Waals surface area contributed by atoms with Crippen molar-refractivity contribution in [3.05, 3.63) is 48.7 Å². The van der Waals surface area contributed by atoms with Crippen molar-refractivity contribution in [2.45, 2.75) is 25.0 Å². The van der Waals surface area contributed by atoms with Crippen molar-refractivity contribution >= 4 is 15.0 Å². The molecule has 1 aromatic carbocycles. The van der Waals surface area contributed by atoms with Crippen molar-refractivity contribution in [2.24, 2.45) is 0 Å². The number of aromatic nitrogens is 1. The van der Waals surface area contributed by atoms with E-state index in [1.807, 2.05) is 6.92 Å². The normalized spacial score (nSPS) is 18.1. The molecule has 0 radical (unpaired) electrons. The number of ether oxygens (including phenoxy) is 1. The van der Waals surface area contributed by atoms with Crippen LogP contribution in [0.1, 0.15) is 13.3 Å². The van der Waals surface area contributed by atoms with Crippen LogP contribution in [0.4, 0.5) is 0 Å². The minimum atomic E-state index is -5.56. The van der Waals surface area contributed by atoms with Gasteiger partial charge in [-0.15, -0.1) is 0 Å². The maximum Gasteiger partial charge on any atom is 0.263 e. The Morgan fingerprint density at radius 1 is 1.19 bits per heavy atom. The van der Waals surface area contributed by atoms with Crippen molar-refractivity contribution in [1.29, 1.82) is 0 Å². The van der Waals surface area contributed by atoms with Crippen LogP contribution in [0.5, 0.6) is 5.75 Å². The van der Waals surface area contributed by atoms with E-state index in [9.17, 15) is 28.9 Å². The molecule has 2 aromatic rings. The van der Waals surface area contributed by atoms with E-state index < -0.39 is 26.6 Å². The molecule has 0 aliphatic rings. The quantitative estimate of drug-likeness (QED) is 0.440. The summed E-state index contributed by atoms with van der Waals surface area (Å²) in [7, 11) is -10.2. The highest BCUT2D eigenvalue weighted by molar-refractivity contribution is 7.74. The summed E-state index contributed by atoms with van der Waals surface area (Å²) in [4.78, 5) is 30.9. The van der Waals surface area contributed by atoms with Crippen LogP contribution < -0.4 is 14.2 Å². The summed E-state index contributed by atoms with van der Waals surface area (Å²) in [6, 6.07) is 12.0. The third-order valence-electron chi connectivity index (χ3n) is 4.04. The van der Waals surface area contributed by atoms with E-state index in [0.29, 0.717) is 30.3 Å². The third kappa shape index (κ3) is 4.85. The Morgan fingerprint density at radius 3 is 2.48 bits per heavy atom. The fourth-order valence-electron chi connectivity index (χ4n) is 2.52. The lowest BCUT2D eigenvalue weighted by Gasteiger charge is -2.35. The predicted molar refractivity (Wildman–Crippen MR) is 98.4 cm³/mol. The van der Waals surface area contributed by atoms with Gasteiger partial charge in [-0.2, -0.15) is 4.57 Å². The first-order valence-corrected chi connectivity index (χ1v) is 12.0. The largest absolute Gasteiger partial charge is 0.776 e. The summed E-state index contributed by atoms with van der Waals surface area (Å²) in [6.45, 7) is 2.39. The molecule has 10 heteroatoms. The van der Waals surface area contributed by atoms with Crippen LogP contribution in [-0.4, -0.2) is 33.2 Å². The molecule has 0 spiro atoms. The zero-order valence-corrected chi connectivity index (χ0v) is 16.8. The molecule has 0 bridgehead atoms. The molecule has 0 aliphatic carbocycles. The molecule has 8 nitrogen and oxygen atoms in total. The van der Waals surface area contributed by atoms with Crippen LogP contribution in [0.2, 0.25) is 0 Å². The highest BCUT2D eigenvalue weighted by Crippen LogP contribution is 2.65. The van der Waals surface area contributed by atoms with Crippen LogP contribution in [0.25, 0.3) is 11.3 Å². The average molecular weight is 415 g/mol. The van der Waals surface area contributed by atoms with Crippen molar-refractivity contribution in [2.75, 3.05) is 13.3 Å². The Morgan fingerprint density at radius 2 is 1.89 bits per heavy atom. The lowest BCUT2D eigenvalue weighted by Crippen LogP contribution is -2.50. The van der Waals surface area contributed by atoms with Crippen LogP contribution in [-0.2, 0) is 15.7 Å². The van der Waals surface area contributed by atoms with Crippen LogP contribution in [0.15, 0.2) is 48.7 Å². The Kier molecular flexibility index (Phi) is 6.63. The van der Waals surface area contributed by atoms with Gasteiger partial charge in [-0.25, -0.2) is 0 Å². The standard InChI is InChI=1S/C17H23NO7P2/c1-3-11-25-15-8-6-7-14(12-15)16-9-4-5-10-18(16)13-17(19,26(2,20)21)27(22,23)24/h4-10,12,19H,3,11,13H2,1-2H3,(H2-,20,21,22,23,24). The Balaban J connectivity index is 2.50. The third-order valence-corrected chi connectivity index (χ3v) is 8.43. The van der Waals surface area contributed by atoms with E-state index >= 15 is 0 Å². The summed E-state index contributed by atoms with van der Waals surface area (Å²) in [5.41, 5.74) is 1.12. The average Bonchev–Trinajstić information content (AvgIpc) is 2.58. The second-order valence-corrected chi connectivity index (χ2v) is 10.9. The van der Waals surface area contributed by atoms with Gasteiger partial charge in [0.1, 0.15) is 5.75 Å². The van der Waals surface area contributed by atoms with Crippen molar-refractivity contribution in [1.82, 2.24) is 0 Å². The Bertz CT molecular complexity index is 868. The number of nitrogens with zero attached hydrogens (tertiary/aromatic N) is 1. The van der Waals surface area contributed by atoms with Gasteiger partial charge in [0, 0.05) is 24.4 Å². The minimum absolute atomic E-state index is 0.472. The molecule has 1 heterocycles. The Labute approximate surface area is 157 Å². The molecule has 148 valence electrons. The fraction of sp³-hybridized carbons (Fsp3) is 0.353. The van der Waals surface area contributed by atoms with E-state index in [1.165, 1.54) is 10.8 Å². The summed E-state index contributed by atoms with van der Waals surface area (Å²) in [6.07, 6.45) is 2.28. The van der Waals surface area contributed by atoms with Gasteiger partial charge in [-0.05, 0) is 30.7 Å². The van der Waals surface area contributed by atoms with E-state index in [-0.39, 0.29) is 0 Å². The minimum Gasteiger partial charge on any atom is -0.776 e. The van der Waals surface area contributed by atoms with Crippen molar-refractivity contribution in [3.63, 3.8) is 0 Å². The maximum absolute atomic E-state index is 12.0. The molecule has 0 amide bonds. The topological polar surface area (TPSA) is 131 Å². The van der Waals surface area contributed by atoms with E-state index in [0.717, 1.165) is 6.42 Å². The first kappa shape index (κ1) is 21.8. The Hall–Kier alpha value is -1.53. The lowest BCUT2D eigenvalue weighted by molar-refractivity contribution is -0.693. The zero-order valence-electron chi connectivity index (χ0n) is 15.1. The van der Waals surface area contributed by atoms with Gasteiger partial charge in [0.05, 0.1) is 6.61 Å². The van der Waals surface area contributed by atoms with Gasteiger partial charge in [0.15, 0.2) is 20.3 Å². The molecular formula is C17H23NO7P2. The fourth-order valence-corrected chi connectivity index (χ4v) is 5.15. The van der Waals surface area contributed by atoms with Gasteiger partial charge < -0.3 is 29.1 Å². The van der Waals surface area contributed by atoms with Crippen LogP contribution in [0, 0.1) is 0 Å². The van der Waals surface area contributed by atoms with Crippen LogP contribution in [0.3, 0.4) is 0 Å². The van der Waals surface area contributed by atoms with E-state index in [4.69, 9.17) is 4.74 Å². The van der Waals surface area contributed by atoms with E-state index in [2.05, 4.69) is 0 Å². The molecule has 2 rings (SSSR count). The number of pyridine rings is 1. The van der Waals surface area contributed by atoms with Gasteiger partial charge in [-0.3, -0.25) is 4.57 Å². The van der Waals surface area contributed by atoms with Gasteiger partial charge >= 0.3 is 0 Å². The maximum atomic E-state index is 12.0. The molecule has 27 heavy (non-hydrogen) atoms. The second kappa shape index (κ2) is 8.23. The molecule has 0 aliphatic heterocycles. The molecule has 3 atom stereocenters. The highest BCUT2D eigenvalue weighted by atomic mass is 31.2. The zero-order chi connectivity index (χ0) is 20.3. The molecule has 0 fully saturated rings. The smallest absolute Gasteiger partial charge is 0.263 e. The summed E-state index contributed by atoms with van der Waals surface area (Å²) >= 11 is 0. The summed E-state index contributed by atoms with van der Waals surface area (Å²) in [5.74, 6) is 0.611. The summed E-state index contributed by atoms with van der Waals surface area (Å²) < 4.78 is 30.6. The SMILES string of the molecule is CCCOc1cccc(-c2cccc[n+]2CC(O)(P(C)(=O)O)P(=O)([O-])O)c1. The first-order valence-electron chi connectivity index (χ1n) is 8.28. The second-order valence-electron chi connectivity index (χ2n) is 6.26. The van der Waals surface area contributed by atoms with Gasteiger partial charge in [0.25, 0.3) is 5.08 Å². The molecule has 1 aromatic heterocycles. The van der Waals surface area contributed by atoms with Crippen LogP contribution >= 0.6 is 15.0 Å². The van der Waals surface area contributed by atoms with Gasteiger partial charge in [0.2, 0.25) is 13.1 Å². The van der Waals surface area contributed by atoms with Gasteiger partial charge in [-0.1, -0.05) is 13.0 Å². The van der Waals surface area contributed by atoms with E-state index in [1.54, 1.807) is 42.5 Å². The molecule has 0 saturated heterocycles. The molecular weight excluding hydrogens is 392 g/mol. The monoisotopic (exact) mass is 415 g/mol. The summed E-state index contributed by atoms with van der Waals surface area (Å²) in [5, 5.41) is 7.18. The number of rotatable bonds is 8. The first-order chi connectivity index (χ1) is 12.5.